The molecule has 0 aromatic heterocycles. The number of hydrogen-bond donors (Lipinski definition) is 2. The van der Waals surface area contributed by atoms with Gasteiger partial charge in [0.1, 0.15) is 6.54 Å². The van der Waals surface area contributed by atoms with Crippen LogP contribution in [-0.4, -0.2) is 89.3 Å². The van der Waals surface area contributed by atoms with Crippen LogP contribution >= 0.6 is 0 Å². The first-order valence-electron chi connectivity index (χ1n) is 9.92. The van der Waals surface area contributed by atoms with Gasteiger partial charge in [0, 0.05) is 54.0 Å². The van der Waals surface area contributed by atoms with Crippen molar-refractivity contribution in [2.45, 2.75) is 38.5 Å². The third kappa shape index (κ3) is 10.6. The van der Waals surface area contributed by atoms with Crippen molar-refractivity contribution >= 4 is 11.9 Å². The van der Waals surface area contributed by atoms with Crippen molar-refractivity contribution in [3.05, 3.63) is 0 Å². The first-order chi connectivity index (χ1) is 12.5. The summed E-state index contributed by atoms with van der Waals surface area (Å²) in [6, 6.07) is 0. The lowest BCUT2D eigenvalue weighted by atomic mass is 9.89. The quantitative estimate of drug-likeness (QED) is 0.325. The molecule has 0 aliphatic heterocycles. The van der Waals surface area contributed by atoms with Crippen LogP contribution in [0.4, 0.5) is 0 Å². The van der Waals surface area contributed by atoms with Gasteiger partial charge in [0.15, 0.2) is 5.96 Å². The number of guanidine groups is 1. The standard InChI is InChI=1S/C19H39N5O2/c1-23(2)18(25)16-22-19(21-15-17-9-6-5-7-10-17)20-11-13-24(3)12-8-14-26-4/h17H,5-16H2,1-4H3,(H2,20,21,22). The van der Waals surface area contributed by atoms with Crippen molar-refractivity contribution in [1.82, 2.24) is 20.4 Å². The summed E-state index contributed by atoms with van der Waals surface area (Å²) in [7, 11) is 7.36. The summed E-state index contributed by atoms with van der Waals surface area (Å²) in [5.74, 6) is 1.48. The lowest BCUT2D eigenvalue weighted by Crippen LogP contribution is -2.43. The second-order valence-corrected chi connectivity index (χ2v) is 7.41. The lowest BCUT2D eigenvalue weighted by molar-refractivity contribution is -0.127. The van der Waals surface area contributed by atoms with Crippen molar-refractivity contribution in [1.29, 1.82) is 0 Å². The molecule has 7 heteroatoms. The predicted molar refractivity (Wildman–Crippen MR) is 108 cm³/mol. The molecule has 1 aliphatic carbocycles. The van der Waals surface area contributed by atoms with Gasteiger partial charge >= 0.3 is 0 Å². The van der Waals surface area contributed by atoms with Crippen LogP contribution in [0.3, 0.4) is 0 Å². The predicted octanol–water partition coefficient (Wildman–Crippen LogP) is 1.16. The van der Waals surface area contributed by atoms with Gasteiger partial charge in [0.2, 0.25) is 5.91 Å². The normalized spacial score (nSPS) is 16.0. The van der Waals surface area contributed by atoms with E-state index in [1.807, 2.05) is 0 Å². The fraction of sp³-hybridized carbons (Fsp3) is 0.895. The molecule has 2 N–H and O–H groups in total. The molecular weight excluding hydrogens is 330 g/mol. The maximum Gasteiger partial charge on any atom is 0.243 e. The number of aliphatic imine (C=N–C) groups is 1. The van der Waals surface area contributed by atoms with Crippen LogP contribution in [0.1, 0.15) is 38.5 Å². The molecule has 0 radical (unpaired) electrons. The van der Waals surface area contributed by atoms with Crippen molar-refractivity contribution in [2.75, 3.05) is 67.6 Å². The Balaban J connectivity index is 2.40. The summed E-state index contributed by atoms with van der Waals surface area (Å²) < 4.78 is 5.09. The highest BCUT2D eigenvalue weighted by Gasteiger charge is 2.14. The average Bonchev–Trinajstić information content (AvgIpc) is 2.64. The van der Waals surface area contributed by atoms with Gasteiger partial charge in [-0.25, -0.2) is 4.99 Å². The van der Waals surface area contributed by atoms with Gasteiger partial charge in [-0.3, -0.25) is 4.79 Å². The third-order valence-electron chi connectivity index (χ3n) is 4.83. The number of nitrogens with one attached hydrogen (secondary N) is 2. The maximum absolute atomic E-state index is 11.8. The second kappa shape index (κ2) is 13.8. The number of likely N-dealkylation sites (N-methyl/N-ethyl adjacent to an activating group) is 2. The molecule has 0 aromatic rings. The first kappa shape index (κ1) is 22.7. The Morgan fingerprint density at radius 3 is 2.50 bits per heavy atom. The molecule has 0 bridgehead atoms. The molecule has 0 aromatic carbocycles. The van der Waals surface area contributed by atoms with Gasteiger partial charge in [-0.2, -0.15) is 0 Å². The van der Waals surface area contributed by atoms with Crippen molar-refractivity contribution < 1.29 is 9.53 Å². The number of nitrogens with zero attached hydrogens (tertiary/aromatic N) is 3. The van der Waals surface area contributed by atoms with E-state index >= 15 is 0 Å². The highest BCUT2D eigenvalue weighted by molar-refractivity contribution is 5.84. The van der Waals surface area contributed by atoms with Crippen LogP contribution in [0.15, 0.2) is 4.99 Å². The summed E-state index contributed by atoms with van der Waals surface area (Å²) in [6.07, 6.45) is 7.64. The largest absolute Gasteiger partial charge is 0.385 e. The molecule has 7 nitrogen and oxygen atoms in total. The van der Waals surface area contributed by atoms with Gasteiger partial charge in [-0.05, 0) is 32.2 Å². The van der Waals surface area contributed by atoms with Crippen LogP contribution in [0.2, 0.25) is 0 Å². The van der Waals surface area contributed by atoms with Gasteiger partial charge in [-0.1, -0.05) is 19.3 Å². The van der Waals surface area contributed by atoms with Crippen LogP contribution < -0.4 is 10.6 Å². The molecule has 0 atom stereocenters. The zero-order chi connectivity index (χ0) is 19.2. The Hall–Kier alpha value is -1.34. The number of ether oxygens (including phenoxy) is 1. The van der Waals surface area contributed by atoms with Crippen LogP contribution in [-0.2, 0) is 9.53 Å². The average molecular weight is 370 g/mol. The van der Waals surface area contributed by atoms with Crippen molar-refractivity contribution in [3.63, 3.8) is 0 Å². The summed E-state index contributed by atoms with van der Waals surface area (Å²) in [5, 5.41) is 6.81. The number of rotatable bonds is 11. The molecule has 1 rings (SSSR count). The van der Waals surface area contributed by atoms with E-state index in [2.05, 4.69) is 27.6 Å². The van der Waals surface area contributed by atoms with E-state index in [0.717, 1.165) is 51.1 Å². The minimum atomic E-state index is 0.0143. The monoisotopic (exact) mass is 369 g/mol. The molecule has 152 valence electrons. The van der Waals surface area contributed by atoms with Crippen LogP contribution in [0, 0.1) is 5.92 Å². The number of carbonyl (C=O) groups is 1. The van der Waals surface area contributed by atoms with Crippen LogP contribution in [0.5, 0.6) is 0 Å². The third-order valence-corrected chi connectivity index (χ3v) is 4.83. The van der Waals surface area contributed by atoms with E-state index in [0.29, 0.717) is 0 Å². The number of methoxy groups -OCH3 is 1. The van der Waals surface area contributed by atoms with E-state index in [-0.39, 0.29) is 12.5 Å². The molecule has 26 heavy (non-hydrogen) atoms. The molecule has 0 saturated heterocycles. The Kier molecular flexibility index (Phi) is 12.1. The zero-order valence-electron chi connectivity index (χ0n) is 17.2. The summed E-state index contributed by atoms with van der Waals surface area (Å²) in [5.41, 5.74) is 0. The molecule has 0 spiro atoms. The van der Waals surface area contributed by atoms with E-state index in [1.165, 1.54) is 32.1 Å². The first-order valence-corrected chi connectivity index (χ1v) is 9.92. The van der Waals surface area contributed by atoms with E-state index in [4.69, 9.17) is 4.74 Å². The van der Waals surface area contributed by atoms with Crippen LogP contribution in [0.25, 0.3) is 0 Å². The summed E-state index contributed by atoms with van der Waals surface area (Å²) >= 11 is 0. The highest BCUT2D eigenvalue weighted by atomic mass is 16.5. The smallest absolute Gasteiger partial charge is 0.243 e. The van der Waals surface area contributed by atoms with Gasteiger partial charge in [-0.15, -0.1) is 0 Å². The fourth-order valence-corrected chi connectivity index (χ4v) is 3.05. The molecule has 0 heterocycles. The van der Waals surface area contributed by atoms with Crippen molar-refractivity contribution in [2.24, 2.45) is 10.9 Å². The minimum Gasteiger partial charge on any atom is -0.385 e. The minimum absolute atomic E-state index is 0.0143. The molecule has 1 aliphatic rings. The summed E-state index contributed by atoms with van der Waals surface area (Å²) in [4.78, 5) is 20.1. The van der Waals surface area contributed by atoms with Gasteiger partial charge < -0.3 is 25.2 Å². The highest BCUT2D eigenvalue weighted by Crippen LogP contribution is 2.22. The number of carbonyl (C=O) groups excluding carboxylic acids is 1. The molecule has 1 fully saturated rings. The molecular formula is C19H39N5O2. The fourth-order valence-electron chi connectivity index (χ4n) is 3.05. The Morgan fingerprint density at radius 1 is 1.12 bits per heavy atom. The van der Waals surface area contributed by atoms with E-state index < -0.39 is 0 Å². The second-order valence-electron chi connectivity index (χ2n) is 7.41. The van der Waals surface area contributed by atoms with Crippen molar-refractivity contribution in [3.8, 4) is 0 Å². The Morgan fingerprint density at radius 2 is 1.85 bits per heavy atom. The number of amides is 1. The summed E-state index contributed by atoms with van der Waals surface area (Å²) in [6.45, 7) is 4.64. The Labute approximate surface area is 159 Å². The van der Waals surface area contributed by atoms with E-state index in [9.17, 15) is 4.79 Å². The lowest BCUT2D eigenvalue weighted by Gasteiger charge is -2.23. The topological polar surface area (TPSA) is 69.2 Å². The molecule has 1 saturated carbocycles. The maximum atomic E-state index is 11.8. The molecule has 1 amide bonds. The van der Waals surface area contributed by atoms with Gasteiger partial charge in [0.25, 0.3) is 0 Å². The molecule has 0 unspecified atom stereocenters. The van der Waals surface area contributed by atoms with Gasteiger partial charge in [0.05, 0.1) is 0 Å². The SMILES string of the molecule is COCCCN(C)CCNC(=NCC(=O)N(C)C)NCC1CCCCC1. The zero-order valence-corrected chi connectivity index (χ0v) is 17.2. The Bertz CT molecular complexity index is 409. The van der Waals surface area contributed by atoms with E-state index in [1.54, 1.807) is 26.1 Å². The number of hydrogen-bond acceptors (Lipinski definition) is 4.